The summed E-state index contributed by atoms with van der Waals surface area (Å²) in [5.74, 6) is 1.92. The summed E-state index contributed by atoms with van der Waals surface area (Å²) in [4.78, 5) is 2.50. The lowest BCUT2D eigenvalue weighted by atomic mass is 9.77. The molecule has 0 radical (unpaired) electrons. The van der Waals surface area contributed by atoms with E-state index in [1.807, 2.05) is 18.2 Å². The molecule has 0 spiro atoms. The number of hydrogen-bond acceptors (Lipinski definition) is 3. The second-order valence-electron chi connectivity index (χ2n) is 7.88. The van der Waals surface area contributed by atoms with E-state index in [0.29, 0.717) is 35.2 Å². The highest BCUT2D eigenvalue weighted by Crippen LogP contribution is 2.44. The van der Waals surface area contributed by atoms with Crippen molar-refractivity contribution in [2.24, 2.45) is 5.92 Å². The highest BCUT2D eigenvalue weighted by molar-refractivity contribution is 6.32. The third-order valence-electron chi connectivity index (χ3n) is 6.14. The van der Waals surface area contributed by atoms with E-state index >= 15 is 0 Å². The number of nitrogens with zero attached hydrogens (tertiary/aromatic N) is 1. The van der Waals surface area contributed by atoms with Crippen molar-refractivity contribution in [1.82, 2.24) is 4.90 Å². The predicted molar refractivity (Wildman–Crippen MR) is 109 cm³/mol. The zero-order valence-electron chi connectivity index (χ0n) is 15.6. The summed E-state index contributed by atoms with van der Waals surface area (Å²) < 4.78 is 5.75. The molecule has 2 fully saturated rings. The third kappa shape index (κ3) is 4.31. The number of β-amino-alcohol motifs (C(OH)–C–C–N with tert-alkyl or cyclic N) is 1. The number of aliphatic hydroxyl groups excluding tert-OH is 1. The van der Waals surface area contributed by atoms with Crippen LogP contribution in [-0.4, -0.2) is 41.8 Å². The molecule has 2 aliphatic rings. The van der Waals surface area contributed by atoms with Gasteiger partial charge >= 0.3 is 0 Å². The lowest BCUT2D eigenvalue weighted by molar-refractivity contribution is 0.0550. The number of hydrogen-bond donors (Lipinski definition) is 1. The van der Waals surface area contributed by atoms with Crippen LogP contribution < -0.4 is 4.74 Å². The monoisotopic (exact) mass is 385 g/mol. The summed E-state index contributed by atoms with van der Waals surface area (Å²) in [5, 5.41) is 11.2. The second kappa shape index (κ2) is 8.64. The molecule has 4 heteroatoms. The van der Waals surface area contributed by atoms with Gasteiger partial charge in [-0.15, -0.1) is 0 Å². The van der Waals surface area contributed by atoms with E-state index in [-0.39, 0.29) is 6.61 Å². The Morgan fingerprint density at radius 2 is 1.78 bits per heavy atom. The first-order chi connectivity index (χ1) is 13.2. The van der Waals surface area contributed by atoms with Crippen molar-refractivity contribution in [3.8, 4) is 5.75 Å². The fraction of sp³-hybridized carbons (Fsp3) is 0.478. The molecular weight excluding hydrogens is 358 g/mol. The summed E-state index contributed by atoms with van der Waals surface area (Å²) in [5.41, 5.74) is 1.44. The number of para-hydroxylation sites is 1. The Balaban J connectivity index is 1.39. The summed E-state index contributed by atoms with van der Waals surface area (Å²) in [6.45, 7) is 1.96. The Bertz CT molecular complexity index is 738. The topological polar surface area (TPSA) is 32.7 Å². The molecule has 0 amide bonds. The van der Waals surface area contributed by atoms with Crippen molar-refractivity contribution in [3.63, 3.8) is 0 Å². The second-order valence-corrected chi connectivity index (χ2v) is 8.29. The number of benzene rings is 2. The molecule has 3 nitrogen and oxygen atoms in total. The Labute approximate surface area is 166 Å². The Morgan fingerprint density at radius 3 is 2.59 bits per heavy atom. The van der Waals surface area contributed by atoms with Gasteiger partial charge in [-0.25, -0.2) is 0 Å². The van der Waals surface area contributed by atoms with E-state index in [2.05, 4.69) is 35.2 Å². The predicted octanol–water partition coefficient (Wildman–Crippen LogP) is 4.74. The largest absolute Gasteiger partial charge is 0.489 e. The first-order valence-electron chi connectivity index (χ1n) is 10.1. The highest BCUT2D eigenvalue weighted by Gasteiger charge is 2.43. The van der Waals surface area contributed by atoms with Crippen molar-refractivity contribution in [1.29, 1.82) is 0 Å². The van der Waals surface area contributed by atoms with E-state index in [4.69, 9.17) is 16.3 Å². The number of halogens is 1. The van der Waals surface area contributed by atoms with Crippen LogP contribution in [0, 0.1) is 5.92 Å². The van der Waals surface area contributed by atoms with Crippen LogP contribution in [0.3, 0.4) is 0 Å². The van der Waals surface area contributed by atoms with Gasteiger partial charge in [-0.3, -0.25) is 4.90 Å². The van der Waals surface area contributed by atoms with Crippen molar-refractivity contribution < 1.29 is 9.84 Å². The molecule has 1 saturated carbocycles. The molecule has 4 rings (SSSR count). The third-order valence-corrected chi connectivity index (χ3v) is 6.45. The zero-order valence-corrected chi connectivity index (χ0v) is 16.4. The number of likely N-dealkylation sites (tertiary alicyclic amines) is 1. The van der Waals surface area contributed by atoms with E-state index in [1.54, 1.807) is 6.07 Å². The van der Waals surface area contributed by atoms with Crippen molar-refractivity contribution >= 4 is 11.6 Å². The molecule has 1 aliphatic heterocycles. The summed E-state index contributed by atoms with van der Waals surface area (Å²) >= 11 is 6.14. The molecule has 1 heterocycles. The van der Waals surface area contributed by atoms with Crippen LogP contribution in [0.5, 0.6) is 5.75 Å². The van der Waals surface area contributed by atoms with Crippen LogP contribution in [0.2, 0.25) is 5.02 Å². The number of rotatable bonds is 6. The molecule has 0 bridgehead atoms. The van der Waals surface area contributed by atoms with Gasteiger partial charge in [0.2, 0.25) is 0 Å². The smallest absolute Gasteiger partial charge is 0.138 e. The summed E-state index contributed by atoms with van der Waals surface area (Å²) in [6.07, 6.45) is 4.65. The van der Waals surface area contributed by atoms with Gasteiger partial charge in [-0.05, 0) is 36.5 Å². The maximum atomic E-state index is 10.6. The van der Waals surface area contributed by atoms with E-state index in [1.165, 1.54) is 31.2 Å². The molecule has 27 heavy (non-hydrogen) atoms. The average Bonchev–Trinajstić information content (AvgIpc) is 3.07. The minimum Gasteiger partial charge on any atom is -0.489 e. The van der Waals surface area contributed by atoms with Crippen molar-refractivity contribution in [2.45, 2.75) is 43.7 Å². The normalized spacial score (nSPS) is 26.5. The van der Waals surface area contributed by atoms with Gasteiger partial charge in [0.1, 0.15) is 18.5 Å². The molecule has 4 atom stereocenters. The van der Waals surface area contributed by atoms with Gasteiger partial charge < -0.3 is 9.84 Å². The van der Waals surface area contributed by atoms with Gasteiger partial charge in [0.05, 0.1) is 5.02 Å². The first kappa shape index (κ1) is 18.8. The molecule has 4 unspecified atom stereocenters. The quantitative estimate of drug-likeness (QED) is 0.779. The average molecular weight is 386 g/mol. The lowest BCUT2D eigenvalue weighted by Gasteiger charge is -2.33. The van der Waals surface area contributed by atoms with Crippen molar-refractivity contribution in [3.05, 3.63) is 65.2 Å². The number of fused-ring (bicyclic) bond motifs is 1. The van der Waals surface area contributed by atoms with Gasteiger partial charge in [0, 0.05) is 25.0 Å². The maximum Gasteiger partial charge on any atom is 0.138 e. The van der Waals surface area contributed by atoms with Crippen LogP contribution in [0.25, 0.3) is 0 Å². The van der Waals surface area contributed by atoms with Crippen LogP contribution in [0.4, 0.5) is 0 Å². The van der Waals surface area contributed by atoms with Crippen LogP contribution in [0.1, 0.15) is 37.2 Å². The number of aliphatic hydroxyl groups is 1. The maximum absolute atomic E-state index is 10.6. The molecule has 2 aromatic rings. The minimum absolute atomic E-state index is 0.271. The minimum atomic E-state index is -0.515. The zero-order chi connectivity index (χ0) is 18.6. The lowest BCUT2D eigenvalue weighted by Crippen LogP contribution is -2.41. The molecule has 1 saturated heterocycles. The Kier molecular flexibility index (Phi) is 6.01. The molecule has 1 aliphatic carbocycles. The SMILES string of the molecule is OC(COc1ccccc1Cl)CN1CC(c2ccccc2)C2CCCCC21. The van der Waals surface area contributed by atoms with Crippen LogP contribution >= 0.6 is 11.6 Å². The molecule has 144 valence electrons. The summed E-state index contributed by atoms with van der Waals surface area (Å²) in [6, 6.07) is 18.9. The van der Waals surface area contributed by atoms with Gasteiger partial charge in [0.25, 0.3) is 0 Å². The molecule has 0 aromatic heterocycles. The van der Waals surface area contributed by atoms with E-state index in [0.717, 1.165) is 6.54 Å². The van der Waals surface area contributed by atoms with Crippen molar-refractivity contribution in [2.75, 3.05) is 19.7 Å². The standard InChI is InChI=1S/C23H28ClNO2/c24-21-11-5-7-13-23(21)27-16-18(26)14-25-15-20(17-8-2-1-3-9-17)19-10-4-6-12-22(19)25/h1-3,5,7-9,11,13,18-20,22,26H,4,6,10,12,14-16H2. The fourth-order valence-electron chi connectivity index (χ4n) is 4.92. The van der Waals surface area contributed by atoms with Gasteiger partial charge in [0.15, 0.2) is 0 Å². The van der Waals surface area contributed by atoms with E-state index in [9.17, 15) is 5.11 Å². The Hall–Kier alpha value is -1.55. The van der Waals surface area contributed by atoms with Gasteiger partial charge in [-0.2, -0.15) is 0 Å². The first-order valence-corrected chi connectivity index (χ1v) is 10.4. The summed E-state index contributed by atoms with van der Waals surface area (Å²) in [7, 11) is 0. The highest BCUT2D eigenvalue weighted by atomic mass is 35.5. The number of ether oxygens (including phenoxy) is 1. The Morgan fingerprint density at radius 1 is 1.04 bits per heavy atom. The van der Waals surface area contributed by atoms with Gasteiger partial charge in [-0.1, -0.05) is 66.9 Å². The molecule has 1 N–H and O–H groups in total. The van der Waals surface area contributed by atoms with E-state index < -0.39 is 6.10 Å². The van der Waals surface area contributed by atoms with Crippen LogP contribution in [0.15, 0.2) is 54.6 Å². The molecule has 2 aromatic carbocycles. The molecular formula is C23H28ClNO2. The van der Waals surface area contributed by atoms with Crippen LogP contribution in [-0.2, 0) is 0 Å². The fourth-order valence-corrected chi connectivity index (χ4v) is 5.11.